The van der Waals surface area contributed by atoms with E-state index in [9.17, 15) is 18.3 Å². The summed E-state index contributed by atoms with van der Waals surface area (Å²) in [5.74, 6) is 0. The highest BCUT2D eigenvalue weighted by molar-refractivity contribution is 4.78. The first-order valence-corrected chi connectivity index (χ1v) is 5.77. The number of alkyl halides is 3. The zero-order valence-electron chi connectivity index (χ0n) is 10.4. The number of aliphatic hydroxyl groups excluding tert-OH is 2. The molecule has 1 atom stereocenters. The van der Waals surface area contributed by atoms with Crippen LogP contribution in [0.2, 0.25) is 0 Å². The molecule has 6 heteroatoms. The molecule has 0 heterocycles. The van der Waals surface area contributed by atoms with Crippen LogP contribution in [0.15, 0.2) is 0 Å². The highest BCUT2D eigenvalue weighted by atomic mass is 19.4. The summed E-state index contributed by atoms with van der Waals surface area (Å²) in [6, 6.07) is 0. The maximum Gasteiger partial charge on any atom is 0.401 e. The quantitative estimate of drug-likeness (QED) is 0.695. The third kappa shape index (κ3) is 7.57. The van der Waals surface area contributed by atoms with Crippen molar-refractivity contribution in [3.8, 4) is 0 Å². The van der Waals surface area contributed by atoms with Gasteiger partial charge in [0.05, 0.1) is 13.2 Å². The van der Waals surface area contributed by atoms with E-state index >= 15 is 0 Å². The van der Waals surface area contributed by atoms with E-state index in [0.717, 1.165) is 11.3 Å². The predicted octanol–water partition coefficient (Wildman–Crippen LogP) is 1.64. The van der Waals surface area contributed by atoms with Crippen molar-refractivity contribution < 1.29 is 23.4 Å². The van der Waals surface area contributed by atoms with Crippen molar-refractivity contribution in [3.05, 3.63) is 0 Å². The van der Waals surface area contributed by atoms with Crippen molar-refractivity contribution >= 4 is 0 Å². The predicted molar refractivity (Wildman–Crippen MR) is 59.7 cm³/mol. The van der Waals surface area contributed by atoms with E-state index in [1.54, 1.807) is 6.92 Å². The lowest BCUT2D eigenvalue weighted by Crippen LogP contribution is -2.44. The van der Waals surface area contributed by atoms with Gasteiger partial charge in [-0.2, -0.15) is 13.2 Å². The lowest BCUT2D eigenvalue weighted by atomic mass is 9.86. The molecular weight excluding hydrogens is 235 g/mol. The maximum atomic E-state index is 12.3. The first kappa shape index (κ1) is 16.7. The molecule has 0 bridgehead atoms. The van der Waals surface area contributed by atoms with E-state index in [1.165, 1.54) is 0 Å². The average molecular weight is 257 g/mol. The summed E-state index contributed by atoms with van der Waals surface area (Å²) in [5, 5.41) is 18.0. The molecule has 0 amide bonds. The Morgan fingerprint density at radius 1 is 1.12 bits per heavy atom. The minimum Gasteiger partial charge on any atom is -0.396 e. The third-order valence-corrected chi connectivity index (χ3v) is 2.66. The van der Waals surface area contributed by atoms with Crippen molar-refractivity contribution in [3.63, 3.8) is 0 Å². The average Bonchev–Trinajstić information content (AvgIpc) is 2.15. The second-order valence-corrected chi connectivity index (χ2v) is 4.77. The molecule has 2 N–H and O–H groups in total. The van der Waals surface area contributed by atoms with Gasteiger partial charge in [-0.15, -0.1) is 0 Å². The molecule has 0 aromatic carbocycles. The topological polar surface area (TPSA) is 43.7 Å². The van der Waals surface area contributed by atoms with Gasteiger partial charge in [-0.05, 0) is 6.42 Å². The van der Waals surface area contributed by atoms with Crippen LogP contribution >= 0.6 is 0 Å². The van der Waals surface area contributed by atoms with Gasteiger partial charge in [0, 0.05) is 25.1 Å². The summed E-state index contributed by atoms with van der Waals surface area (Å²) in [6.07, 6.45) is -2.82. The molecule has 0 aromatic heterocycles. The Labute approximate surface area is 100 Å². The Hall–Kier alpha value is -0.330. The minimum atomic E-state index is -4.28. The van der Waals surface area contributed by atoms with Crippen LogP contribution in [0, 0.1) is 5.41 Å². The van der Waals surface area contributed by atoms with Crippen LogP contribution in [-0.2, 0) is 0 Å². The summed E-state index contributed by atoms with van der Waals surface area (Å²) in [6.45, 7) is 2.28. The highest BCUT2D eigenvalue weighted by Crippen LogP contribution is 2.26. The second-order valence-electron chi connectivity index (χ2n) is 4.77. The van der Waals surface area contributed by atoms with Crippen molar-refractivity contribution in [2.75, 3.05) is 32.8 Å². The molecule has 0 aromatic rings. The van der Waals surface area contributed by atoms with Crippen LogP contribution in [0.25, 0.3) is 0 Å². The van der Waals surface area contributed by atoms with E-state index in [4.69, 9.17) is 5.11 Å². The normalized spacial score (nSPS) is 16.2. The standard InChI is InChI=1S/C11H22F3NO2/c1-3-4-10(2,9-17)7-15(5-6-16)8-11(12,13)14/h16-17H,3-9H2,1-2H3. The van der Waals surface area contributed by atoms with E-state index < -0.39 is 18.1 Å². The monoisotopic (exact) mass is 257 g/mol. The number of hydrogen-bond acceptors (Lipinski definition) is 3. The van der Waals surface area contributed by atoms with Gasteiger partial charge in [-0.1, -0.05) is 20.3 Å². The van der Waals surface area contributed by atoms with Gasteiger partial charge >= 0.3 is 6.18 Å². The van der Waals surface area contributed by atoms with Gasteiger partial charge in [0.25, 0.3) is 0 Å². The molecule has 0 rings (SSSR count). The molecule has 0 aliphatic carbocycles. The summed E-state index contributed by atoms with van der Waals surface area (Å²) >= 11 is 0. The van der Waals surface area contributed by atoms with Crippen molar-refractivity contribution in [1.29, 1.82) is 0 Å². The minimum absolute atomic E-state index is 0.0290. The van der Waals surface area contributed by atoms with Gasteiger partial charge in [0.1, 0.15) is 0 Å². The molecular formula is C11H22F3NO2. The molecule has 0 saturated heterocycles. The van der Waals surface area contributed by atoms with E-state index in [-0.39, 0.29) is 26.3 Å². The third-order valence-electron chi connectivity index (χ3n) is 2.66. The van der Waals surface area contributed by atoms with Crippen LogP contribution in [0.1, 0.15) is 26.7 Å². The highest BCUT2D eigenvalue weighted by Gasteiger charge is 2.34. The summed E-state index contributed by atoms with van der Waals surface area (Å²) in [7, 11) is 0. The molecule has 0 aliphatic heterocycles. The number of rotatable bonds is 8. The lowest BCUT2D eigenvalue weighted by Gasteiger charge is -2.34. The lowest BCUT2D eigenvalue weighted by molar-refractivity contribution is -0.150. The van der Waals surface area contributed by atoms with Gasteiger partial charge < -0.3 is 10.2 Å². The van der Waals surface area contributed by atoms with Gasteiger partial charge in [-0.3, -0.25) is 4.90 Å². The zero-order chi connectivity index (χ0) is 13.5. The molecule has 0 fully saturated rings. The number of aliphatic hydroxyl groups is 2. The van der Waals surface area contributed by atoms with E-state index in [1.807, 2.05) is 6.92 Å². The van der Waals surface area contributed by atoms with E-state index in [2.05, 4.69) is 0 Å². The maximum absolute atomic E-state index is 12.3. The Bertz CT molecular complexity index is 211. The smallest absolute Gasteiger partial charge is 0.396 e. The molecule has 17 heavy (non-hydrogen) atoms. The zero-order valence-corrected chi connectivity index (χ0v) is 10.4. The van der Waals surface area contributed by atoms with Crippen LogP contribution in [0.3, 0.4) is 0 Å². The number of hydrogen-bond donors (Lipinski definition) is 2. The Morgan fingerprint density at radius 3 is 2.06 bits per heavy atom. The molecule has 1 unspecified atom stereocenters. The van der Waals surface area contributed by atoms with Gasteiger partial charge in [0.2, 0.25) is 0 Å². The van der Waals surface area contributed by atoms with Crippen LogP contribution in [0.5, 0.6) is 0 Å². The Kier molecular flexibility index (Phi) is 7.04. The fourth-order valence-electron chi connectivity index (χ4n) is 1.96. The first-order chi connectivity index (χ1) is 7.76. The largest absolute Gasteiger partial charge is 0.401 e. The first-order valence-electron chi connectivity index (χ1n) is 5.77. The molecule has 0 aliphatic rings. The summed E-state index contributed by atoms with van der Waals surface area (Å²) < 4.78 is 36.9. The summed E-state index contributed by atoms with van der Waals surface area (Å²) in [5.41, 5.74) is -0.546. The second kappa shape index (κ2) is 7.18. The van der Waals surface area contributed by atoms with Gasteiger partial charge in [-0.25, -0.2) is 0 Å². The van der Waals surface area contributed by atoms with Gasteiger partial charge in [0.15, 0.2) is 0 Å². The molecule has 0 saturated carbocycles. The van der Waals surface area contributed by atoms with Crippen molar-refractivity contribution in [2.24, 2.45) is 5.41 Å². The van der Waals surface area contributed by atoms with E-state index in [0.29, 0.717) is 6.42 Å². The van der Waals surface area contributed by atoms with Crippen LogP contribution < -0.4 is 0 Å². The SMILES string of the molecule is CCCC(C)(CO)CN(CCO)CC(F)(F)F. The fourth-order valence-corrected chi connectivity index (χ4v) is 1.96. The van der Waals surface area contributed by atoms with Crippen molar-refractivity contribution in [1.82, 2.24) is 4.90 Å². The Morgan fingerprint density at radius 2 is 1.71 bits per heavy atom. The van der Waals surface area contributed by atoms with Crippen LogP contribution in [0.4, 0.5) is 13.2 Å². The molecule has 104 valence electrons. The Balaban J connectivity index is 4.50. The fraction of sp³-hybridized carbons (Fsp3) is 1.00. The number of nitrogens with zero attached hydrogens (tertiary/aromatic N) is 1. The number of halogens is 3. The molecule has 0 spiro atoms. The molecule has 0 radical (unpaired) electrons. The van der Waals surface area contributed by atoms with Crippen molar-refractivity contribution in [2.45, 2.75) is 32.9 Å². The summed E-state index contributed by atoms with van der Waals surface area (Å²) in [4.78, 5) is 1.14. The van der Waals surface area contributed by atoms with Crippen LogP contribution in [-0.4, -0.2) is 54.1 Å². The molecule has 3 nitrogen and oxygen atoms in total.